The molecule has 1 aliphatic rings. The highest BCUT2D eigenvalue weighted by Crippen LogP contribution is 2.25. The van der Waals surface area contributed by atoms with Crippen molar-refractivity contribution in [3.8, 4) is 0 Å². The monoisotopic (exact) mass is 305 g/mol. The number of nitrogens with two attached hydrogens (primary N) is 1. The van der Waals surface area contributed by atoms with Crippen LogP contribution in [0.5, 0.6) is 0 Å². The predicted molar refractivity (Wildman–Crippen MR) is 86.1 cm³/mol. The summed E-state index contributed by atoms with van der Waals surface area (Å²) in [5, 5.41) is 7.07. The molecule has 6 nitrogen and oxygen atoms in total. The van der Waals surface area contributed by atoms with Crippen molar-refractivity contribution in [2.24, 2.45) is 10.9 Å². The Morgan fingerprint density at radius 2 is 2.09 bits per heavy atom. The van der Waals surface area contributed by atoms with Crippen LogP contribution in [0.1, 0.15) is 36.0 Å². The zero-order valence-electron chi connectivity index (χ0n) is 12.8. The summed E-state index contributed by atoms with van der Waals surface area (Å²) in [4.78, 5) is 16.0. The van der Waals surface area contributed by atoms with Crippen LogP contribution < -0.4 is 11.1 Å². The molecule has 6 heteroatoms. The van der Waals surface area contributed by atoms with Gasteiger partial charge in [0, 0.05) is 11.7 Å². The van der Waals surface area contributed by atoms with E-state index in [-0.39, 0.29) is 6.10 Å². The molecule has 0 spiro atoms. The fraction of sp³-hybridized carbons (Fsp3) is 0.500. The van der Waals surface area contributed by atoms with E-state index in [0.29, 0.717) is 18.2 Å². The number of carbonyl (C=O) groups excluding carboxylic acids is 1. The summed E-state index contributed by atoms with van der Waals surface area (Å²) in [5.41, 5.74) is 6.75. The van der Waals surface area contributed by atoms with E-state index in [0.717, 1.165) is 31.4 Å². The summed E-state index contributed by atoms with van der Waals surface area (Å²) in [6.45, 7) is 0.473. The lowest BCUT2D eigenvalue weighted by atomic mass is 9.92. The summed E-state index contributed by atoms with van der Waals surface area (Å²) in [5.74, 6) is -0.405. The summed E-state index contributed by atoms with van der Waals surface area (Å²) in [6.07, 6.45) is 5.84. The number of amides is 1. The number of rotatable bonds is 7. The number of carbonyl (C=O) groups is 1. The van der Waals surface area contributed by atoms with Gasteiger partial charge in [-0.1, -0.05) is 17.3 Å². The Kier molecular flexibility index (Phi) is 6.21. The smallest absolute Gasteiger partial charge is 0.250 e. The molecule has 0 unspecified atom stereocenters. The Labute approximate surface area is 130 Å². The largest absolute Gasteiger partial charge is 0.399 e. The minimum Gasteiger partial charge on any atom is -0.399 e. The summed E-state index contributed by atoms with van der Waals surface area (Å²) in [7, 11) is 1.51. The topological polar surface area (TPSA) is 85.9 Å². The third-order valence-electron chi connectivity index (χ3n) is 3.81. The van der Waals surface area contributed by atoms with E-state index in [1.54, 1.807) is 12.3 Å². The van der Waals surface area contributed by atoms with Gasteiger partial charge in [0.05, 0.1) is 24.5 Å². The number of nitrogens with zero attached hydrogens (tertiary/aromatic N) is 1. The Balaban J connectivity index is 1.80. The van der Waals surface area contributed by atoms with Crippen LogP contribution in [0.25, 0.3) is 0 Å². The number of hydrogen-bond acceptors (Lipinski definition) is 5. The van der Waals surface area contributed by atoms with Gasteiger partial charge in [-0.15, -0.1) is 0 Å². The number of benzene rings is 1. The molecule has 1 aromatic carbocycles. The van der Waals surface area contributed by atoms with Crippen molar-refractivity contribution in [2.75, 3.05) is 19.0 Å². The number of para-hydroxylation sites is 1. The lowest BCUT2D eigenvalue weighted by molar-refractivity contribution is 0.0506. The lowest BCUT2D eigenvalue weighted by Gasteiger charge is -2.29. The maximum Gasteiger partial charge on any atom is 0.250 e. The number of primary amides is 1. The number of hydrogen-bond donors (Lipinski definition) is 2. The molecule has 2 rings (SSSR count). The Bertz CT molecular complexity index is 511. The van der Waals surface area contributed by atoms with Crippen LogP contribution in [-0.4, -0.2) is 38.0 Å². The first kappa shape index (κ1) is 16.3. The van der Waals surface area contributed by atoms with Gasteiger partial charge in [0.1, 0.15) is 7.11 Å². The van der Waals surface area contributed by atoms with E-state index in [9.17, 15) is 4.79 Å². The molecule has 3 N–H and O–H groups in total. The Morgan fingerprint density at radius 3 is 2.77 bits per heavy atom. The van der Waals surface area contributed by atoms with Crippen molar-refractivity contribution in [3.63, 3.8) is 0 Å². The maximum absolute atomic E-state index is 11.4. The van der Waals surface area contributed by atoms with Crippen LogP contribution in [0.15, 0.2) is 29.4 Å². The average Bonchev–Trinajstić information content (AvgIpc) is 2.53. The van der Waals surface area contributed by atoms with Gasteiger partial charge < -0.3 is 20.6 Å². The molecule has 0 aromatic heterocycles. The second kappa shape index (κ2) is 8.38. The molecule has 0 saturated heterocycles. The Hall–Kier alpha value is -2.08. The molecular formula is C16H23N3O3. The normalized spacial score (nSPS) is 21.7. The van der Waals surface area contributed by atoms with Crippen molar-refractivity contribution in [1.29, 1.82) is 0 Å². The van der Waals surface area contributed by atoms with E-state index < -0.39 is 5.91 Å². The van der Waals surface area contributed by atoms with Crippen LogP contribution in [-0.2, 0) is 9.57 Å². The van der Waals surface area contributed by atoms with Gasteiger partial charge in [0.25, 0.3) is 5.91 Å². The van der Waals surface area contributed by atoms with Crippen LogP contribution in [0.4, 0.5) is 5.69 Å². The minimum absolute atomic E-state index is 0.257. The van der Waals surface area contributed by atoms with Crippen molar-refractivity contribution in [1.82, 2.24) is 0 Å². The quantitative estimate of drug-likeness (QED) is 0.597. The fourth-order valence-corrected chi connectivity index (χ4v) is 2.70. The fourth-order valence-electron chi connectivity index (χ4n) is 2.70. The van der Waals surface area contributed by atoms with Crippen LogP contribution in [0, 0.1) is 0 Å². The van der Waals surface area contributed by atoms with Crippen LogP contribution in [0.2, 0.25) is 0 Å². The van der Waals surface area contributed by atoms with Gasteiger partial charge in [0.15, 0.2) is 0 Å². The van der Waals surface area contributed by atoms with Gasteiger partial charge in [-0.05, 0) is 37.8 Å². The van der Waals surface area contributed by atoms with Crippen molar-refractivity contribution >= 4 is 17.8 Å². The maximum atomic E-state index is 11.4. The molecule has 0 heterocycles. The zero-order chi connectivity index (χ0) is 15.8. The van der Waals surface area contributed by atoms with Gasteiger partial charge >= 0.3 is 0 Å². The molecule has 0 radical (unpaired) electrons. The van der Waals surface area contributed by atoms with E-state index in [1.165, 1.54) is 7.11 Å². The highest BCUT2D eigenvalue weighted by molar-refractivity contribution is 5.98. The van der Waals surface area contributed by atoms with Gasteiger partial charge in [-0.3, -0.25) is 4.79 Å². The van der Waals surface area contributed by atoms with E-state index >= 15 is 0 Å². The Morgan fingerprint density at radius 1 is 1.36 bits per heavy atom. The molecule has 1 aliphatic carbocycles. The first-order valence-electron chi connectivity index (χ1n) is 7.52. The second-order valence-corrected chi connectivity index (χ2v) is 5.33. The number of nitrogens with one attached hydrogen (secondary N) is 1. The summed E-state index contributed by atoms with van der Waals surface area (Å²) >= 11 is 0. The SMILES string of the molecule is CON=CCOC1CCC(Nc2ccccc2C(N)=O)CC1. The minimum atomic E-state index is -0.405. The molecule has 0 atom stereocenters. The van der Waals surface area contributed by atoms with Gasteiger partial charge in [0.2, 0.25) is 0 Å². The predicted octanol–water partition coefficient (Wildman–Crippen LogP) is 2.16. The number of anilines is 1. The van der Waals surface area contributed by atoms with Gasteiger partial charge in [-0.25, -0.2) is 0 Å². The molecular weight excluding hydrogens is 282 g/mol. The average molecular weight is 305 g/mol. The molecule has 1 fully saturated rings. The summed E-state index contributed by atoms with van der Waals surface area (Å²) < 4.78 is 5.71. The second-order valence-electron chi connectivity index (χ2n) is 5.33. The third-order valence-corrected chi connectivity index (χ3v) is 3.81. The van der Waals surface area contributed by atoms with Crippen LogP contribution in [0.3, 0.4) is 0 Å². The number of ether oxygens (including phenoxy) is 1. The highest BCUT2D eigenvalue weighted by Gasteiger charge is 2.22. The zero-order valence-corrected chi connectivity index (χ0v) is 12.8. The first-order chi connectivity index (χ1) is 10.7. The van der Waals surface area contributed by atoms with Gasteiger partial charge in [-0.2, -0.15) is 0 Å². The van der Waals surface area contributed by atoms with Crippen molar-refractivity contribution < 1.29 is 14.4 Å². The number of oxime groups is 1. The van der Waals surface area contributed by atoms with Crippen molar-refractivity contribution in [2.45, 2.75) is 37.8 Å². The van der Waals surface area contributed by atoms with Crippen LogP contribution >= 0.6 is 0 Å². The highest BCUT2D eigenvalue weighted by atomic mass is 16.6. The third kappa shape index (κ3) is 4.73. The molecule has 0 bridgehead atoms. The standard InChI is InChI=1S/C16H23N3O3/c1-21-18-10-11-22-13-8-6-12(7-9-13)19-15-5-3-2-4-14(15)16(17)20/h2-5,10,12-13,19H,6-9,11H2,1H3,(H2,17,20). The van der Waals surface area contributed by atoms with Crippen molar-refractivity contribution in [3.05, 3.63) is 29.8 Å². The molecule has 22 heavy (non-hydrogen) atoms. The summed E-state index contributed by atoms with van der Waals surface area (Å²) in [6, 6.07) is 7.70. The molecule has 1 saturated carbocycles. The first-order valence-corrected chi connectivity index (χ1v) is 7.52. The van der Waals surface area contributed by atoms with E-state index in [4.69, 9.17) is 10.5 Å². The molecule has 120 valence electrons. The molecule has 1 amide bonds. The molecule has 1 aromatic rings. The lowest BCUT2D eigenvalue weighted by Crippen LogP contribution is -2.31. The van der Waals surface area contributed by atoms with E-state index in [1.807, 2.05) is 18.2 Å². The van der Waals surface area contributed by atoms with E-state index in [2.05, 4.69) is 15.3 Å². The molecule has 0 aliphatic heterocycles.